The van der Waals surface area contributed by atoms with Crippen LogP contribution in [0.15, 0.2) is 143 Å². The molecule has 2 N–H and O–H groups in total. The molecule has 1 aliphatic heterocycles. The van der Waals surface area contributed by atoms with Crippen LogP contribution in [0.5, 0.6) is 0 Å². The maximum absolute atomic E-state index is 7.15. The Labute approximate surface area is 288 Å². The van der Waals surface area contributed by atoms with E-state index in [-0.39, 0.29) is 11.6 Å². The van der Waals surface area contributed by atoms with Crippen molar-refractivity contribution in [3.05, 3.63) is 156 Å². The summed E-state index contributed by atoms with van der Waals surface area (Å²) in [6, 6.07) is 46.1. The van der Waals surface area contributed by atoms with Crippen LogP contribution in [0.2, 0.25) is 0 Å². The van der Waals surface area contributed by atoms with Gasteiger partial charge >= 0.3 is 0 Å². The average Bonchev–Trinajstić information content (AvgIpc) is 3.91. The predicted octanol–water partition coefficient (Wildman–Crippen LogP) is 11.5. The van der Waals surface area contributed by atoms with Crippen molar-refractivity contribution in [2.75, 3.05) is 5.32 Å². The van der Waals surface area contributed by atoms with E-state index in [9.17, 15) is 0 Å². The van der Waals surface area contributed by atoms with Crippen molar-refractivity contribution in [1.82, 2.24) is 9.55 Å². The third-order valence-electron chi connectivity index (χ3n) is 11.1. The second-order valence-electron chi connectivity index (χ2n) is 14.1. The lowest BCUT2D eigenvalue weighted by Crippen LogP contribution is -2.14. The topological polar surface area (TPSA) is 58.2 Å². The zero-order valence-electron chi connectivity index (χ0n) is 27.7. The molecule has 9 aromatic rings. The first-order valence-corrected chi connectivity index (χ1v) is 17.2. The number of rotatable bonds is 3. The Kier molecular flexibility index (Phi) is 5.45. The highest BCUT2D eigenvalue weighted by Crippen LogP contribution is 2.51. The van der Waals surface area contributed by atoms with Crippen molar-refractivity contribution in [2.45, 2.75) is 25.4 Å². The van der Waals surface area contributed by atoms with E-state index in [1.165, 1.54) is 38.5 Å². The van der Waals surface area contributed by atoms with Crippen LogP contribution in [-0.2, 0) is 5.41 Å². The van der Waals surface area contributed by atoms with Crippen molar-refractivity contribution in [1.29, 1.82) is 0 Å². The van der Waals surface area contributed by atoms with Crippen LogP contribution < -0.4 is 5.32 Å². The Morgan fingerprint density at radius 1 is 0.660 bits per heavy atom. The van der Waals surface area contributed by atoms with E-state index >= 15 is 0 Å². The summed E-state index contributed by atoms with van der Waals surface area (Å²) in [5.74, 6) is 0. The van der Waals surface area contributed by atoms with E-state index in [2.05, 4.69) is 156 Å². The Bertz CT molecular complexity index is 2880. The van der Waals surface area contributed by atoms with Gasteiger partial charge in [0.1, 0.15) is 11.7 Å². The molecule has 4 heterocycles. The van der Waals surface area contributed by atoms with Gasteiger partial charge in [-0.15, -0.1) is 0 Å². The first-order valence-electron chi connectivity index (χ1n) is 17.2. The van der Waals surface area contributed by atoms with Crippen LogP contribution in [0, 0.1) is 0 Å². The molecule has 0 saturated carbocycles. The zero-order valence-corrected chi connectivity index (χ0v) is 27.7. The quantitative estimate of drug-likeness (QED) is 0.201. The smallest absolute Gasteiger partial charge is 0.159 e. The molecule has 5 heteroatoms. The maximum Gasteiger partial charge on any atom is 0.159 e. The van der Waals surface area contributed by atoms with Crippen molar-refractivity contribution in [2.24, 2.45) is 4.99 Å². The maximum atomic E-state index is 7.15. The molecule has 0 spiro atoms. The van der Waals surface area contributed by atoms with Gasteiger partial charge < -0.3 is 19.3 Å². The monoisotopic (exact) mass is 644 g/mol. The minimum atomic E-state index is -0.253. The number of nitrogens with one attached hydrogen (secondary N) is 2. The molecule has 5 nitrogen and oxygen atoms in total. The summed E-state index contributed by atoms with van der Waals surface area (Å²) in [7, 11) is 0. The molecule has 3 aromatic heterocycles. The summed E-state index contributed by atoms with van der Waals surface area (Å²) < 4.78 is 9.56. The normalized spacial score (nSPS) is 15.8. The molecule has 1 aliphatic carbocycles. The second-order valence-corrected chi connectivity index (χ2v) is 14.1. The standard InChI is InChI=1S/C45H32N4O/c1-45(2)34-16-8-6-13-27(34)32-24-40-33(23-35(32)45)28-14-7-9-17-38(28)49(40)39-18-10-15-29-30-19-20-31(44-47-25-37-36(48-44)21-22-46-37)41(43(30)50-42(29)39)26-11-4-3-5-12-26/h3-25,44,46,48H,1-2H3. The number of aliphatic imine (C=N–C) groups is 1. The molecule has 0 bridgehead atoms. The van der Waals surface area contributed by atoms with Crippen molar-refractivity contribution in [3.63, 3.8) is 0 Å². The summed E-state index contributed by atoms with van der Waals surface area (Å²) in [6.07, 6.45) is 3.61. The molecule has 2 aliphatic rings. The first-order chi connectivity index (χ1) is 24.6. The number of hydrogen-bond donors (Lipinski definition) is 2. The minimum absolute atomic E-state index is 0.0759. The highest BCUT2D eigenvalue weighted by Gasteiger charge is 2.36. The molecule has 6 aromatic carbocycles. The summed E-state index contributed by atoms with van der Waals surface area (Å²) in [4.78, 5) is 8.19. The first kappa shape index (κ1) is 27.6. The second kappa shape index (κ2) is 9.86. The molecule has 11 rings (SSSR count). The van der Waals surface area contributed by atoms with Gasteiger partial charge in [-0.25, -0.2) is 0 Å². The fourth-order valence-corrected chi connectivity index (χ4v) is 8.70. The number of H-pyrrole nitrogens is 1. The number of benzene rings is 6. The summed E-state index contributed by atoms with van der Waals surface area (Å²) in [5, 5.41) is 8.31. The van der Waals surface area contributed by atoms with Crippen molar-refractivity contribution >= 4 is 55.6 Å². The molecule has 50 heavy (non-hydrogen) atoms. The zero-order chi connectivity index (χ0) is 33.1. The molecular formula is C45H32N4O. The van der Waals surface area contributed by atoms with E-state index in [1.807, 2.05) is 12.4 Å². The van der Waals surface area contributed by atoms with E-state index < -0.39 is 0 Å². The highest BCUT2D eigenvalue weighted by atomic mass is 16.3. The van der Waals surface area contributed by atoms with E-state index in [1.54, 1.807) is 0 Å². The highest BCUT2D eigenvalue weighted by molar-refractivity contribution is 6.15. The Morgan fingerprint density at radius 2 is 1.46 bits per heavy atom. The van der Waals surface area contributed by atoms with Crippen LogP contribution in [0.25, 0.3) is 71.7 Å². The molecule has 0 fully saturated rings. The van der Waals surface area contributed by atoms with Gasteiger partial charge in [0.25, 0.3) is 0 Å². The third kappa shape index (κ3) is 3.64. The van der Waals surface area contributed by atoms with Crippen LogP contribution in [0.3, 0.4) is 0 Å². The number of aromatic nitrogens is 2. The van der Waals surface area contributed by atoms with Crippen molar-refractivity contribution in [3.8, 4) is 27.9 Å². The van der Waals surface area contributed by atoms with Gasteiger partial charge in [-0.1, -0.05) is 111 Å². The number of nitrogens with zero attached hydrogens (tertiary/aromatic N) is 2. The molecule has 238 valence electrons. The van der Waals surface area contributed by atoms with E-state index in [0.29, 0.717) is 0 Å². The molecule has 1 unspecified atom stereocenters. The number of para-hydroxylation sites is 2. The predicted molar refractivity (Wildman–Crippen MR) is 206 cm³/mol. The average molecular weight is 645 g/mol. The van der Waals surface area contributed by atoms with Gasteiger partial charge in [0.2, 0.25) is 0 Å². The summed E-state index contributed by atoms with van der Waals surface area (Å²) in [5.41, 5.74) is 15.7. The van der Waals surface area contributed by atoms with Crippen molar-refractivity contribution < 1.29 is 4.42 Å². The number of aromatic amines is 1. The van der Waals surface area contributed by atoms with Gasteiger partial charge in [0.15, 0.2) is 5.58 Å². The lowest BCUT2D eigenvalue weighted by atomic mass is 9.82. The Balaban J connectivity index is 1.20. The van der Waals surface area contributed by atoms with Crippen LogP contribution in [0.1, 0.15) is 42.4 Å². The van der Waals surface area contributed by atoms with Crippen LogP contribution in [-0.4, -0.2) is 15.8 Å². The van der Waals surface area contributed by atoms with E-state index in [4.69, 9.17) is 9.41 Å². The number of hydrogen-bond acceptors (Lipinski definition) is 3. The summed E-state index contributed by atoms with van der Waals surface area (Å²) >= 11 is 0. The van der Waals surface area contributed by atoms with Gasteiger partial charge in [0, 0.05) is 50.5 Å². The molecule has 0 amide bonds. The van der Waals surface area contributed by atoms with E-state index in [0.717, 1.165) is 61.2 Å². The van der Waals surface area contributed by atoms with Crippen LogP contribution in [0.4, 0.5) is 5.69 Å². The minimum Gasteiger partial charge on any atom is -0.453 e. The van der Waals surface area contributed by atoms with Gasteiger partial charge in [-0.05, 0) is 58.1 Å². The third-order valence-corrected chi connectivity index (χ3v) is 11.1. The number of anilines is 1. The van der Waals surface area contributed by atoms with Gasteiger partial charge in [-0.3, -0.25) is 4.99 Å². The molecule has 0 radical (unpaired) electrons. The van der Waals surface area contributed by atoms with Gasteiger partial charge in [0.05, 0.1) is 28.1 Å². The largest absolute Gasteiger partial charge is 0.453 e. The Hall–Kier alpha value is -6.33. The molecule has 0 saturated heterocycles. The molecule has 1 atom stereocenters. The van der Waals surface area contributed by atoms with Crippen LogP contribution >= 0.6 is 0 Å². The SMILES string of the molecule is CC1(C)c2ccccc2-c2cc3c(cc21)c1ccccc1n3-c1cccc2c1oc1c(-c3ccccc3)c(C3N=Cc4[nH]ccc4N3)ccc12. The van der Waals surface area contributed by atoms with Gasteiger partial charge in [-0.2, -0.15) is 0 Å². The number of furan rings is 1. The Morgan fingerprint density at radius 3 is 2.38 bits per heavy atom. The fourth-order valence-electron chi connectivity index (χ4n) is 8.70. The lowest BCUT2D eigenvalue weighted by Gasteiger charge is -2.22. The molecular weight excluding hydrogens is 613 g/mol. The summed E-state index contributed by atoms with van der Waals surface area (Å²) in [6.45, 7) is 4.70. The fraction of sp³-hybridized carbons (Fsp3) is 0.0889. The lowest BCUT2D eigenvalue weighted by molar-refractivity contribution is 0.661. The number of fused-ring (bicyclic) bond motifs is 10.